The second-order valence-electron chi connectivity index (χ2n) is 4.23. The second-order valence-corrected chi connectivity index (χ2v) is 4.23. The molecule has 1 aromatic heterocycles. The van der Waals surface area contributed by atoms with Gasteiger partial charge >= 0.3 is 0 Å². The number of nitriles is 1. The second kappa shape index (κ2) is 5.40. The van der Waals surface area contributed by atoms with Crippen LogP contribution in [0.4, 0.5) is 11.4 Å². The zero-order valence-electron chi connectivity index (χ0n) is 11.2. The van der Waals surface area contributed by atoms with E-state index >= 15 is 0 Å². The number of nitrogens with one attached hydrogen (secondary N) is 1. The van der Waals surface area contributed by atoms with E-state index in [1.54, 1.807) is 25.3 Å². The summed E-state index contributed by atoms with van der Waals surface area (Å²) in [6.45, 7) is 3.88. The molecule has 0 fully saturated rings. The fourth-order valence-corrected chi connectivity index (χ4v) is 1.82. The van der Waals surface area contributed by atoms with Crippen LogP contribution in [0.5, 0.6) is 5.75 Å². The Morgan fingerprint density at radius 2 is 1.95 bits per heavy atom. The van der Waals surface area contributed by atoms with Crippen LogP contribution in [0.15, 0.2) is 30.3 Å². The number of rotatable bonds is 3. The molecule has 2 rings (SSSR count). The summed E-state index contributed by atoms with van der Waals surface area (Å²) < 4.78 is 5.18. The van der Waals surface area contributed by atoms with Gasteiger partial charge in [-0.2, -0.15) is 5.26 Å². The highest BCUT2D eigenvalue weighted by Gasteiger charge is 2.06. The Labute approximate surface area is 112 Å². The molecule has 1 N–H and O–H groups in total. The maximum Gasteiger partial charge on any atom is 0.121 e. The van der Waals surface area contributed by atoms with Crippen LogP contribution in [-0.4, -0.2) is 12.1 Å². The van der Waals surface area contributed by atoms with Gasteiger partial charge in [-0.25, -0.2) is 0 Å². The summed E-state index contributed by atoms with van der Waals surface area (Å²) >= 11 is 0. The zero-order chi connectivity index (χ0) is 13.8. The molecule has 0 bridgehead atoms. The lowest BCUT2D eigenvalue weighted by Crippen LogP contribution is -1.99. The number of methoxy groups -OCH3 is 1. The fraction of sp³-hybridized carbons (Fsp3) is 0.200. The predicted octanol–water partition coefficient (Wildman–Crippen LogP) is 3.32. The molecular formula is C15H15N3O. The molecule has 0 aliphatic rings. The number of nitrogens with zero attached hydrogens (tertiary/aromatic N) is 2. The molecule has 0 aliphatic carbocycles. The van der Waals surface area contributed by atoms with Crippen molar-refractivity contribution < 1.29 is 4.74 Å². The van der Waals surface area contributed by atoms with E-state index in [1.807, 2.05) is 26.0 Å². The molecule has 4 heteroatoms. The van der Waals surface area contributed by atoms with Crippen molar-refractivity contribution in [2.75, 3.05) is 12.4 Å². The highest BCUT2D eigenvalue weighted by atomic mass is 16.5. The van der Waals surface area contributed by atoms with Gasteiger partial charge in [-0.3, -0.25) is 4.98 Å². The van der Waals surface area contributed by atoms with Gasteiger partial charge in [0.1, 0.15) is 11.8 Å². The minimum absolute atomic E-state index is 0.570. The molecule has 1 aromatic carbocycles. The Kier molecular flexibility index (Phi) is 3.67. The third kappa shape index (κ3) is 2.83. The number of hydrogen-bond acceptors (Lipinski definition) is 4. The summed E-state index contributed by atoms with van der Waals surface area (Å²) in [6, 6.07) is 11.4. The van der Waals surface area contributed by atoms with E-state index in [9.17, 15) is 0 Å². The highest BCUT2D eigenvalue weighted by Crippen LogP contribution is 2.26. The normalized spacial score (nSPS) is 9.79. The molecule has 0 unspecified atom stereocenters. The Bertz CT molecular complexity index is 644. The summed E-state index contributed by atoms with van der Waals surface area (Å²) in [5.41, 5.74) is 4.03. The standard InChI is InChI=1S/C15H15N3O/c1-10-4-7-14(11(2)17-10)18-15-8-13(19-3)6-5-12(15)9-16/h4-8,18H,1-3H3. The first kappa shape index (κ1) is 12.9. The zero-order valence-corrected chi connectivity index (χ0v) is 11.2. The molecule has 0 radical (unpaired) electrons. The molecule has 96 valence electrons. The number of aromatic nitrogens is 1. The molecule has 4 nitrogen and oxygen atoms in total. The van der Waals surface area contributed by atoms with Crippen LogP contribution >= 0.6 is 0 Å². The van der Waals surface area contributed by atoms with E-state index in [-0.39, 0.29) is 0 Å². The van der Waals surface area contributed by atoms with Crippen LogP contribution in [0.2, 0.25) is 0 Å². The van der Waals surface area contributed by atoms with Gasteiger partial charge in [0, 0.05) is 11.8 Å². The molecule has 1 heterocycles. The topological polar surface area (TPSA) is 57.9 Å². The maximum atomic E-state index is 9.13. The van der Waals surface area contributed by atoms with Crippen molar-refractivity contribution in [1.82, 2.24) is 4.98 Å². The Hall–Kier alpha value is -2.54. The molecule has 19 heavy (non-hydrogen) atoms. The number of benzene rings is 1. The first-order valence-corrected chi connectivity index (χ1v) is 5.93. The first-order chi connectivity index (χ1) is 9.13. The summed E-state index contributed by atoms with van der Waals surface area (Å²) in [4.78, 5) is 4.39. The van der Waals surface area contributed by atoms with E-state index < -0.39 is 0 Å². The van der Waals surface area contributed by atoms with Crippen molar-refractivity contribution >= 4 is 11.4 Å². The minimum Gasteiger partial charge on any atom is -0.497 e. The largest absolute Gasteiger partial charge is 0.497 e. The van der Waals surface area contributed by atoms with Gasteiger partial charge in [0.25, 0.3) is 0 Å². The maximum absolute atomic E-state index is 9.13. The lowest BCUT2D eigenvalue weighted by molar-refractivity contribution is 0.415. The molecule has 0 atom stereocenters. The van der Waals surface area contributed by atoms with Gasteiger partial charge in [0.2, 0.25) is 0 Å². The van der Waals surface area contributed by atoms with E-state index in [2.05, 4.69) is 16.4 Å². The highest BCUT2D eigenvalue weighted by molar-refractivity contribution is 5.69. The smallest absolute Gasteiger partial charge is 0.121 e. The Morgan fingerprint density at radius 1 is 1.16 bits per heavy atom. The van der Waals surface area contributed by atoms with Crippen molar-refractivity contribution in [3.8, 4) is 11.8 Å². The van der Waals surface area contributed by atoms with Crippen LogP contribution in [0.3, 0.4) is 0 Å². The number of ether oxygens (including phenoxy) is 1. The van der Waals surface area contributed by atoms with Gasteiger partial charge in [0.05, 0.1) is 29.7 Å². The fourth-order valence-electron chi connectivity index (χ4n) is 1.82. The van der Waals surface area contributed by atoms with Crippen molar-refractivity contribution in [3.05, 3.63) is 47.3 Å². The molecule has 0 amide bonds. The van der Waals surface area contributed by atoms with E-state index in [0.717, 1.165) is 22.8 Å². The summed E-state index contributed by atoms with van der Waals surface area (Å²) in [7, 11) is 1.60. The molecule has 0 spiro atoms. The van der Waals surface area contributed by atoms with Gasteiger partial charge in [0.15, 0.2) is 0 Å². The first-order valence-electron chi connectivity index (χ1n) is 5.93. The van der Waals surface area contributed by atoms with E-state index in [1.165, 1.54) is 0 Å². The molecule has 0 saturated carbocycles. The van der Waals surface area contributed by atoms with Crippen molar-refractivity contribution in [2.45, 2.75) is 13.8 Å². The summed E-state index contributed by atoms with van der Waals surface area (Å²) in [5, 5.41) is 12.4. The lowest BCUT2D eigenvalue weighted by atomic mass is 10.1. The van der Waals surface area contributed by atoms with Crippen LogP contribution in [0, 0.1) is 25.2 Å². The van der Waals surface area contributed by atoms with Crippen LogP contribution in [0.25, 0.3) is 0 Å². The number of pyridine rings is 1. The number of anilines is 2. The lowest BCUT2D eigenvalue weighted by Gasteiger charge is -2.12. The Balaban J connectivity index is 2.39. The molecule has 0 aliphatic heterocycles. The van der Waals surface area contributed by atoms with Gasteiger partial charge < -0.3 is 10.1 Å². The summed E-state index contributed by atoms with van der Waals surface area (Å²) in [5.74, 6) is 0.708. The van der Waals surface area contributed by atoms with Crippen molar-refractivity contribution in [3.63, 3.8) is 0 Å². The molecule has 2 aromatic rings. The van der Waals surface area contributed by atoms with Crippen LogP contribution < -0.4 is 10.1 Å². The quantitative estimate of drug-likeness (QED) is 0.911. The average Bonchev–Trinajstić information content (AvgIpc) is 2.41. The van der Waals surface area contributed by atoms with E-state index in [4.69, 9.17) is 10.00 Å². The van der Waals surface area contributed by atoms with Crippen LogP contribution in [0.1, 0.15) is 17.0 Å². The Morgan fingerprint density at radius 3 is 2.58 bits per heavy atom. The monoisotopic (exact) mass is 253 g/mol. The van der Waals surface area contributed by atoms with Gasteiger partial charge in [-0.1, -0.05) is 0 Å². The van der Waals surface area contributed by atoms with Gasteiger partial charge in [-0.05, 0) is 38.1 Å². The number of aryl methyl sites for hydroxylation is 2. The van der Waals surface area contributed by atoms with Crippen molar-refractivity contribution in [2.24, 2.45) is 0 Å². The van der Waals surface area contributed by atoms with Gasteiger partial charge in [-0.15, -0.1) is 0 Å². The third-order valence-electron chi connectivity index (χ3n) is 2.84. The molecule has 0 saturated heterocycles. The summed E-state index contributed by atoms with van der Waals surface area (Å²) in [6.07, 6.45) is 0. The SMILES string of the molecule is COc1ccc(C#N)c(Nc2ccc(C)nc2C)c1. The average molecular weight is 253 g/mol. The third-order valence-corrected chi connectivity index (χ3v) is 2.84. The predicted molar refractivity (Wildman–Crippen MR) is 74.7 cm³/mol. The van der Waals surface area contributed by atoms with E-state index in [0.29, 0.717) is 11.3 Å². The minimum atomic E-state index is 0.570. The number of hydrogen-bond donors (Lipinski definition) is 1. The van der Waals surface area contributed by atoms with Crippen LogP contribution in [-0.2, 0) is 0 Å². The van der Waals surface area contributed by atoms with Crippen molar-refractivity contribution in [1.29, 1.82) is 5.26 Å². The molecular weight excluding hydrogens is 238 g/mol.